The Morgan fingerprint density at radius 2 is 1.55 bits per heavy atom. The molecule has 2 N–H and O–H groups in total. The van der Waals surface area contributed by atoms with Crippen molar-refractivity contribution in [2.45, 2.75) is 11.3 Å². The van der Waals surface area contributed by atoms with Gasteiger partial charge in [-0.15, -0.1) is 0 Å². The van der Waals surface area contributed by atoms with Gasteiger partial charge in [0.2, 0.25) is 10.0 Å². The standard InChI is InChI=1S/C22H19N3O3S/c23-15-6-16-24-29(27,28)19-13-11-18(12-14-19)22(26)25-21-10-5-4-9-20(21)17-7-2-1-3-8-17/h1-5,7-14,24H,6,16H2,(H,25,26). The van der Waals surface area contributed by atoms with E-state index in [1.807, 2.05) is 60.7 Å². The molecule has 3 rings (SSSR count). The van der Waals surface area contributed by atoms with Gasteiger partial charge < -0.3 is 5.32 Å². The molecule has 0 spiro atoms. The predicted octanol–water partition coefficient (Wildman–Crippen LogP) is 3.80. The predicted molar refractivity (Wildman–Crippen MR) is 112 cm³/mol. The summed E-state index contributed by atoms with van der Waals surface area (Å²) in [6, 6.07) is 24.7. The molecule has 7 heteroatoms. The Bertz CT molecular complexity index is 1140. The molecule has 0 heterocycles. The number of carbonyl (C=O) groups is 1. The van der Waals surface area contributed by atoms with Gasteiger partial charge >= 0.3 is 0 Å². The van der Waals surface area contributed by atoms with Crippen LogP contribution < -0.4 is 10.0 Å². The van der Waals surface area contributed by atoms with Crippen LogP contribution in [-0.2, 0) is 10.0 Å². The molecule has 6 nitrogen and oxygen atoms in total. The molecule has 3 aromatic rings. The highest BCUT2D eigenvalue weighted by Crippen LogP contribution is 2.28. The van der Waals surface area contributed by atoms with E-state index in [0.29, 0.717) is 11.3 Å². The van der Waals surface area contributed by atoms with Crippen molar-refractivity contribution in [2.24, 2.45) is 0 Å². The van der Waals surface area contributed by atoms with E-state index in [0.717, 1.165) is 11.1 Å². The zero-order valence-corrected chi connectivity index (χ0v) is 16.3. The Labute approximate surface area is 169 Å². The van der Waals surface area contributed by atoms with Crippen molar-refractivity contribution in [3.8, 4) is 17.2 Å². The molecule has 0 radical (unpaired) electrons. The van der Waals surface area contributed by atoms with Crippen LogP contribution in [0.4, 0.5) is 5.69 Å². The van der Waals surface area contributed by atoms with Gasteiger partial charge in [-0.2, -0.15) is 5.26 Å². The van der Waals surface area contributed by atoms with Crippen LogP contribution in [0, 0.1) is 11.3 Å². The Balaban J connectivity index is 1.77. The molecule has 0 aliphatic rings. The summed E-state index contributed by atoms with van der Waals surface area (Å²) in [5.41, 5.74) is 2.87. The summed E-state index contributed by atoms with van der Waals surface area (Å²) in [5, 5.41) is 11.4. The lowest BCUT2D eigenvalue weighted by Gasteiger charge is -2.12. The molecule has 146 valence electrons. The highest BCUT2D eigenvalue weighted by molar-refractivity contribution is 7.89. The van der Waals surface area contributed by atoms with Crippen molar-refractivity contribution >= 4 is 21.6 Å². The molecule has 3 aromatic carbocycles. The van der Waals surface area contributed by atoms with E-state index < -0.39 is 10.0 Å². The minimum atomic E-state index is -3.71. The molecule has 0 saturated heterocycles. The van der Waals surface area contributed by atoms with E-state index in [1.54, 1.807) is 0 Å². The average Bonchev–Trinajstić information content (AvgIpc) is 2.75. The largest absolute Gasteiger partial charge is 0.321 e. The molecule has 0 saturated carbocycles. The first-order valence-electron chi connectivity index (χ1n) is 8.94. The molecule has 0 aromatic heterocycles. The number of nitrogens with zero attached hydrogens (tertiary/aromatic N) is 1. The summed E-state index contributed by atoms with van der Waals surface area (Å²) in [4.78, 5) is 12.7. The molecule has 0 aliphatic carbocycles. The number of hydrogen-bond acceptors (Lipinski definition) is 4. The Morgan fingerprint density at radius 1 is 0.897 bits per heavy atom. The number of rotatable bonds is 7. The lowest BCUT2D eigenvalue weighted by molar-refractivity contribution is 0.102. The lowest BCUT2D eigenvalue weighted by atomic mass is 10.0. The number of nitriles is 1. The van der Waals surface area contributed by atoms with Crippen LogP contribution in [0.1, 0.15) is 16.8 Å². The van der Waals surface area contributed by atoms with Gasteiger partial charge in [0.1, 0.15) is 0 Å². The second kappa shape index (κ2) is 9.15. The van der Waals surface area contributed by atoms with Crippen LogP contribution in [0.3, 0.4) is 0 Å². The summed E-state index contributed by atoms with van der Waals surface area (Å²) in [6.07, 6.45) is 0.0839. The fourth-order valence-electron chi connectivity index (χ4n) is 2.77. The molecule has 0 unspecified atom stereocenters. The van der Waals surface area contributed by atoms with Crippen molar-refractivity contribution in [3.63, 3.8) is 0 Å². The van der Waals surface area contributed by atoms with E-state index in [4.69, 9.17) is 5.26 Å². The molecular formula is C22H19N3O3S. The van der Waals surface area contributed by atoms with E-state index in [1.165, 1.54) is 24.3 Å². The van der Waals surface area contributed by atoms with Crippen LogP contribution in [0.15, 0.2) is 83.8 Å². The van der Waals surface area contributed by atoms with Crippen molar-refractivity contribution < 1.29 is 13.2 Å². The molecule has 0 aliphatic heterocycles. The van der Waals surface area contributed by atoms with Crippen molar-refractivity contribution in [1.82, 2.24) is 4.72 Å². The number of amides is 1. The molecular weight excluding hydrogens is 386 g/mol. The summed E-state index contributed by atoms with van der Waals surface area (Å²) in [7, 11) is -3.71. The van der Waals surface area contributed by atoms with Gasteiger partial charge in [0.15, 0.2) is 0 Å². The van der Waals surface area contributed by atoms with Gasteiger partial charge in [0.25, 0.3) is 5.91 Å². The van der Waals surface area contributed by atoms with Crippen molar-refractivity contribution in [1.29, 1.82) is 5.26 Å². The van der Waals surface area contributed by atoms with Gasteiger partial charge in [0, 0.05) is 29.8 Å². The fourth-order valence-corrected chi connectivity index (χ4v) is 3.80. The summed E-state index contributed by atoms with van der Waals surface area (Å²) in [5.74, 6) is -0.338. The van der Waals surface area contributed by atoms with E-state index in [-0.39, 0.29) is 23.8 Å². The van der Waals surface area contributed by atoms with Crippen LogP contribution in [0.5, 0.6) is 0 Å². The SMILES string of the molecule is N#CCCNS(=O)(=O)c1ccc(C(=O)Nc2ccccc2-c2ccccc2)cc1. The molecule has 0 bridgehead atoms. The summed E-state index contributed by atoms with van der Waals surface area (Å²) < 4.78 is 26.7. The first-order chi connectivity index (χ1) is 14.0. The highest BCUT2D eigenvalue weighted by atomic mass is 32.2. The van der Waals surface area contributed by atoms with Crippen LogP contribution >= 0.6 is 0 Å². The second-order valence-electron chi connectivity index (χ2n) is 6.20. The number of carbonyl (C=O) groups excluding carboxylic acids is 1. The maximum atomic E-state index is 12.7. The summed E-state index contributed by atoms with van der Waals surface area (Å²) in [6.45, 7) is 0.0390. The van der Waals surface area contributed by atoms with Crippen molar-refractivity contribution in [2.75, 3.05) is 11.9 Å². The van der Waals surface area contributed by atoms with Crippen LogP contribution in [-0.4, -0.2) is 20.9 Å². The van der Waals surface area contributed by atoms with Gasteiger partial charge in [-0.1, -0.05) is 48.5 Å². The second-order valence-corrected chi connectivity index (χ2v) is 7.96. The molecule has 29 heavy (non-hydrogen) atoms. The monoisotopic (exact) mass is 405 g/mol. The minimum absolute atomic E-state index is 0.0386. The normalized spacial score (nSPS) is 10.9. The maximum Gasteiger partial charge on any atom is 0.255 e. The van der Waals surface area contributed by atoms with E-state index in [2.05, 4.69) is 10.0 Å². The number of hydrogen-bond donors (Lipinski definition) is 2. The zero-order chi connectivity index (χ0) is 20.7. The lowest BCUT2D eigenvalue weighted by Crippen LogP contribution is -2.24. The smallest absolute Gasteiger partial charge is 0.255 e. The van der Waals surface area contributed by atoms with Gasteiger partial charge in [0.05, 0.1) is 11.0 Å². The first-order valence-corrected chi connectivity index (χ1v) is 10.4. The van der Waals surface area contributed by atoms with Gasteiger partial charge in [-0.3, -0.25) is 4.79 Å². The maximum absolute atomic E-state index is 12.7. The number of para-hydroxylation sites is 1. The van der Waals surface area contributed by atoms with E-state index in [9.17, 15) is 13.2 Å². The third-order valence-electron chi connectivity index (χ3n) is 4.22. The molecule has 1 amide bonds. The summed E-state index contributed by atoms with van der Waals surface area (Å²) >= 11 is 0. The molecule has 0 fully saturated rings. The number of anilines is 1. The third kappa shape index (κ3) is 5.08. The quantitative estimate of drug-likeness (QED) is 0.584. The van der Waals surface area contributed by atoms with E-state index >= 15 is 0 Å². The van der Waals surface area contributed by atoms with Gasteiger partial charge in [-0.05, 0) is 35.9 Å². The average molecular weight is 405 g/mol. The minimum Gasteiger partial charge on any atom is -0.321 e. The molecule has 0 atom stereocenters. The topological polar surface area (TPSA) is 99.1 Å². The number of sulfonamides is 1. The Kier molecular flexibility index (Phi) is 6.39. The number of nitrogens with one attached hydrogen (secondary N) is 2. The Hall–Kier alpha value is -3.47. The fraction of sp³-hybridized carbons (Fsp3) is 0.0909. The third-order valence-corrected chi connectivity index (χ3v) is 5.69. The Morgan fingerprint density at radius 3 is 2.24 bits per heavy atom. The first kappa shape index (κ1) is 20.3. The zero-order valence-electron chi connectivity index (χ0n) is 15.5. The van der Waals surface area contributed by atoms with Crippen LogP contribution in [0.25, 0.3) is 11.1 Å². The number of benzene rings is 3. The van der Waals surface area contributed by atoms with Gasteiger partial charge in [-0.25, -0.2) is 13.1 Å². The highest BCUT2D eigenvalue weighted by Gasteiger charge is 2.15. The van der Waals surface area contributed by atoms with Crippen LogP contribution in [0.2, 0.25) is 0 Å². The van der Waals surface area contributed by atoms with Crippen molar-refractivity contribution in [3.05, 3.63) is 84.4 Å².